The smallest absolute Gasteiger partial charge is 0.328 e. The molecule has 1 fully saturated rings. The first-order valence-corrected chi connectivity index (χ1v) is 9.28. The van der Waals surface area contributed by atoms with Gasteiger partial charge in [0, 0.05) is 0 Å². The van der Waals surface area contributed by atoms with Crippen molar-refractivity contribution in [2.45, 2.75) is 32.7 Å². The zero-order chi connectivity index (χ0) is 18.4. The summed E-state index contributed by atoms with van der Waals surface area (Å²) < 4.78 is 10.7. The fourth-order valence-corrected chi connectivity index (χ4v) is 3.65. The lowest BCUT2D eigenvalue weighted by molar-refractivity contribution is -0.147. The Bertz CT molecular complexity index is 685. The van der Waals surface area contributed by atoms with Gasteiger partial charge in [-0.2, -0.15) is 0 Å². The Morgan fingerprint density at radius 3 is 2.64 bits per heavy atom. The highest BCUT2D eigenvalue weighted by atomic mass is 32.2. The van der Waals surface area contributed by atoms with Gasteiger partial charge >= 0.3 is 5.97 Å². The predicted molar refractivity (Wildman–Crippen MR) is 103 cm³/mol. The van der Waals surface area contributed by atoms with Crippen LogP contribution >= 0.6 is 24.0 Å². The second-order valence-electron chi connectivity index (χ2n) is 5.52. The van der Waals surface area contributed by atoms with Crippen molar-refractivity contribution in [1.29, 1.82) is 0 Å². The van der Waals surface area contributed by atoms with Gasteiger partial charge in [-0.25, -0.2) is 4.79 Å². The van der Waals surface area contributed by atoms with Crippen LogP contribution < -0.4 is 4.74 Å². The number of thiocarbonyl (C=S) groups is 1. The molecular weight excluding hydrogens is 358 g/mol. The maximum absolute atomic E-state index is 12.5. The highest BCUT2D eigenvalue weighted by molar-refractivity contribution is 8.26. The Labute approximate surface area is 157 Å². The van der Waals surface area contributed by atoms with E-state index in [1.165, 1.54) is 23.8 Å². The number of methoxy groups -OCH3 is 1. The molecular formula is C18H21NO4S2. The highest BCUT2D eigenvalue weighted by Crippen LogP contribution is 2.34. The second-order valence-corrected chi connectivity index (χ2v) is 7.20. The standard InChI is InChI=1S/C18H21NO4S2/c1-4-5-10-23-14-8-6-13(7-9-14)11-15-16(20)19(18(24)25-15)12(2)17(21)22-3/h6-9,11-12H,4-5,10H2,1-3H3/b15-11-. The molecule has 1 aliphatic rings. The molecule has 1 heterocycles. The molecule has 5 nitrogen and oxygen atoms in total. The Balaban J connectivity index is 2.09. The molecule has 0 aromatic heterocycles. The van der Waals surface area contributed by atoms with Gasteiger partial charge in [-0.15, -0.1) is 0 Å². The predicted octanol–water partition coefficient (Wildman–Crippen LogP) is 3.63. The minimum absolute atomic E-state index is 0.281. The van der Waals surface area contributed by atoms with Gasteiger partial charge in [0.25, 0.3) is 5.91 Å². The van der Waals surface area contributed by atoms with Crippen molar-refractivity contribution in [2.24, 2.45) is 0 Å². The van der Waals surface area contributed by atoms with E-state index in [-0.39, 0.29) is 5.91 Å². The van der Waals surface area contributed by atoms with Crippen molar-refractivity contribution < 1.29 is 19.1 Å². The Morgan fingerprint density at radius 2 is 2.04 bits per heavy atom. The van der Waals surface area contributed by atoms with Crippen molar-refractivity contribution in [3.05, 3.63) is 34.7 Å². The summed E-state index contributed by atoms with van der Waals surface area (Å²) >= 11 is 6.42. The SMILES string of the molecule is CCCCOc1ccc(/C=C2\SC(=S)N(C(C)C(=O)OC)C2=O)cc1. The van der Waals surface area contributed by atoms with Gasteiger partial charge in [0.15, 0.2) is 0 Å². The van der Waals surface area contributed by atoms with Crippen LogP contribution in [0.2, 0.25) is 0 Å². The summed E-state index contributed by atoms with van der Waals surface area (Å²) in [7, 11) is 1.29. The van der Waals surface area contributed by atoms with Crippen LogP contribution in [-0.4, -0.2) is 40.9 Å². The number of carbonyl (C=O) groups is 2. The Hall–Kier alpha value is -1.86. The van der Waals surface area contributed by atoms with Gasteiger partial charge in [0.2, 0.25) is 0 Å². The van der Waals surface area contributed by atoms with Crippen molar-refractivity contribution in [2.75, 3.05) is 13.7 Å². The summed E-state index contributed by atoms with van der Waals surface area (Å²) in [5.41, 5.74) is 0.870. The van der Waals surface area contributed by atoms with Crippen LogP contribution in [0.1, 0.15) is 32.3 Å². The summed E-state index contributed by atoms with van der Waals surface area (Å²) in [6, 6.07) is 6.78. The van der Waals surface area contributed by atoms with Crippen LogP contribution in [-0.2, 0) is 14.3 Å². The molecule has 1 aromatic carbocycles. The lowest BCUT2D eigenvalue weighted by atomic mass is 10.2. The van der Waals surface area contributed by atoms with E-state index in [1.807, 2.05) is 24.3 Å². The molecule has 1 aromatic rings. The van der Waals surface area contributed by atoms with Gasteiger partial charge in [-0.3, -0.25) is 9.69 Å². The zero-order valence-corrected chi connectivity index (χ0v) is 16.1. The quantitative estimate of drug-likeness (QED) is 0.312. The molecule has 0 spiro atoms. The first kappa shape index (κ1) is 19.5. The molecule has 0 aliphatic carbocycles. The number of esters is 1. The minimum Gasteiger partial charge on any atom is -0.494 e. The lowest BCUT2D eigenvalue weighted by Crippen LogP contribution is -2.42. The van der Waals surface area contributed by atoms with E-state index in [2.05, 4.69) is 6.92 Å². The number of unbranched alkanes of at least 4 members (excludes halogenated alkanes) is 1. The molecule has 1 atom stereocenters. The van der Waals surface area contributed by atoms with Crippen molar-refractivity contribution in [3.63, 3.8) is 0 Å². The number of hydrogen-bond acceptors (Lipinski definition) is 6. The zero-order valence-electron chi connectivity index (χ0n) is 14.5. The summed E-state index contributed by atoms with van der Waals surface area (Å²) in [4.78, 5) is 26.0. The largest absolute Gasteiger partial charge is 0.494 e. The summed E-state index contributed by atoms with van der Waals surface area (Å²) in [6.45, 7) is 4.41. The maximum atomic E-state index is 12.5. The molecule has 2 rings (SSSR count). The molecule has 1 aliphatic heterocycles. The van der Waals surface area contributed by atoms with E-state index >= 15 is 0 Å². The molecule has 0 radical (unpaired) electrons. The molecule has 0 bridgehead atoms. The third kappa shape index (κ3) is 4.83. The summed E-state index contributed by atoms with van der Waals surface area (Å²) in [5.74, 6) is 0.0276. The highest BCUT2D eigenvalue weighted by Gasteiger charge is 2.38. The molecule has 134 valence electrons. The number of amides is 1. The minimum atomic E-state index is -0.738. The van der Waals surface area contributed by atoms with Crippen molar-refractivity contribution in [1.82, 2.24) is 4.90 Å². The first-order valence-electron chi connectivity index (χ1n) is 8.05. The van der Waals surface area contributed by atoms with E-state index in [9.17, 15) is 9.59 Å². The molecule has 0 saturated carbocycles. The molecule has 0 N–H and O–H groups in total. The molecule has 25 heavy (non-hydrogen) atoms. The number of rotatable bonds is 7. The van der Waals surface area contributed by atoms with E-state index in [0.717, 1.165) is 24.2 Å². The van der Waals surface area contributed by atoms with Gasteiger partial charge in [-0.05, 0) is 37.1 Å². The number of hydrogen-bond donors (Lipinski definition) is 0. The van der Waals surface area contributed by atoms with Crippen LogP contribution in [0.3, 0.4) is 0 Å². The van der Waals surface area contributed by atoms with Gasteiger partial charge < -0.3 is 9.47 Å². The topological polar surface area (TPSA) is 55.8 Å². The fourth-order valence-electron chi connectivity index (χ4n) is 2.24. The molecule has 1 saturated heterocycles. The second kappa shape index (κ2) is 9.01. The van der Waals surface area contributed by atoms with Crippen LogP contribution in [0.15, 0.2) is 29.2 Å². The average Bonchev–Trinajstić information content (AvgIpc) is 2.89. The Kier molecular flexibility index (Phi) is 7.01. The number of nitrogens with zero attached hydrogens (tertiary/aromatic N) is 1. The molecule has 1 unspecified atom stereocenters. The van der Waals surface area contributed by atoms with Crippen LogP contribution in [0, 0.1) is 0 Å². The van der Waals surface area contributed by atoms with E-state index in [4.69, 9.17) is 21.7 Å². The van der Waals surface area contributed by atoms with E-state index in [0.29, 0.717) is 15.8 Å². The number of benzene rings is 1. The van der Waals surface area contributed by atoms with Gasteiger partial charge in [-0.1, -0.05) is 49.5 Å². The normalized spacial score (nSPS) is 17.1. The third-order valence-electron chi connectivity index (χ3n) is 3.70. The maximum Gasteiger partial charge on any atom is 0.328 e. The Morgan fingerprint density at radius 1 is 1.36 bits per heavy atom. The van der Waals surface area contributed by atoms with Gasteiger partial charge in [0.1, 0.15) is 16.1 Å². The van der Waals surface area contributed by atoms with E-state index < -0.39 is 12.0 Å². The van der Waals surface area contributed by atoms with Crippen molar-refractivity contribution in [3.8, 4) is 5.75 Å². The first-order chi connectivity index (χ1) is 12.0. The number of ether oxygens (including phenoxy) is 2. The van der Waals surface area contributed by atoms with E-state index in [1.54, 1.807) is 13.0 Å². The van der Waals surface area contributed by atoms with Crippen LogP contribution in [0.4, 0.5) is 0 Å². The van der Waals surface area contributed by atoms with Crippen LogP contribution in [0.25, 0.3) is 6.08 Å². The average molecular weight is 380 g/mol. The van der Waals surface area contributed by atoms with Crippen molar-refractivity contribution >= 4 is 46.3 Å². The molecule has 7 heteroatoms. The molecule has 1 amide bonds. The number of thioether (sulfide) groups is 1. The lowest BCUT2D eigenvalue weighted by Gasteiger charge is -2.20. The summed E-state index contributed by atoms with van der Waals surface area (Å²) in [6.07, 6.45) is 3.87. The van der Waals surface area contributed by atoms with Crippen LogP contribution in [0.5, 0.6) is 5.75 Å². The van der Waals surface area contributed by atoms with Gasteiger partial charge in [0.05, 0.1) is 18.6 Å². The fraction of sp³-hybridized carbons (Fsp3) is 0.389. The number of carbonyl (C=O) groups excluding carboxylic acids is 2. The summed E-state index contributed by atoms with van der Waals surface area (Å²) in [5, 5.41) is 0. The monoisotopic (exact) mass is 379 g/mol. The third-order valence-corrected chi connectivity index (χ3v) is 5.03.